The highest BCUT2D eigenvalue weighted by Crippen LogP contribution is 2.46. The zero-order chi connectivity index (χ0) is 17.7. The van der Waals surface area contributed by atoms with Crippen LogP contribution in [0.5, 0.6) is 0 Å². The van der Waals surface area contributed by atoms with Crippen LogP contribution < -0.4 is 5.32 Å². The molecule has 1 N–H and O–H groups in total. The summed E-state index contributed by atoms with van der Waals surface area (Å²) in [7, 11) is 0. The molecule has 1 aliphatic rings. The van der Waals surface area contributed by atoms with Crippen LogP contribution in [0.3, 0.4) is 0 Å². The van der Waals surface area contributed by atoms with Gasteiger partial charge in [-0.25, -0.2) is 23.2 Å². The van der Waals surface area contributed by atoms with Gasteiger partial charge in [-0.2, -0.15) is 4.39 Å². The second-order valence-corrected chi connectivity index (χ2v) is 6.85. The predicted octanol–water partition coefficient (Wildman–Crippen LogP) is 3.89. The highest BCUT2D eigenvalue weighted by molar-refractivity contribution is 5.86. The minimum absolute atomic E-state index is 0.111. The molecule has 1 fully saturated rings. The van der Waals surface area contributed by atoms with E-state index >= 15 is 0 Å². The number of halogens is 3. The molecule has 0 aromatic carbocycles. The maximum Gasteiger partial charge on any atom is 0.413 e. The van der Waals surface area contributed by atoms with E-state index in [4.69, 9.17) is 4.74 Å². The van der Waals surface area contributed by atoms with Crippen molar-refractivity contribution in [2.75, 3.05) is 5.32 Å². The molecule has 0 saturated heterocycles. The van der Waals surface area contributed by atoms with Crippen molar-refractivity contribution < 1.29 is 22.7 Å². The first kappa shape index (κ1) is 16.5. The monoisotopic (exact) mass is 342 g/mol. The van der Waals surface area contributed by atoms with Crippen molar-refractivity contribution in [3.05, 3.63) is 18.1 Å². The summed E-state index contributed by atoms with van der Waals surface area (Å²) in [6.07, 6.45) is -1.53. The molecule has 2 heterocycles. The molecule has 0 unspecified atom stereocenters. The van der Waals surface area contributed by atoms with Gasteiger partial charge in [0.1, 0.15) is 11.4 Å². The van der Waals surface area contributed by atoms with Crippen molar-refractivity contribution in [1.82, 2.24) is 14.8 Å². The second-order valence-electron chi connectivity index (χ2n) is 6.85. The Kier molecular flexibility index (Phi) is 3.69. The van der Waals surface area contributed by atoms with Crippen LogP contribution in [-0.2, 0) is 4.74 Å². The smallest absolute Gasteiger partial charge is 0.413 e. The zero-order valence-corrected chi connectivity index (χ0v) is 13.4. The van der Waals surface area contributed by atoms with Gasteiger partial charge in [-0.3, -0.25) is 5.32 Å². The van der Waals surface area contributed by atoms with Gasteiger partial charge in [-0.05, 0) is 32.9 Å². The maximum atomic E-state index is 13.9. The standard InChI is InChI=1S/C15H17F3N4O2/c1-14(2,3)24-13(23)20-10-5-4-9-11(16)21-22(12(9)19-10)8-6-15(17,18)7-8/h4-5,8H,6-7H2,1-3H3,(H,19,20,23). The third-order valence-electron chi connectivity index (χ3n) is 3.55. The summed E-state index contributed by atoms with van der Waals surface area (Å²) in [5, 5.41) is 6.21. The molecular weight excluding hydrogens is 325 g/mol. The van der Waals surface area contributed by atoms with Crippen molar-refractivity contribution in [3.63, 3.8) is 0 Å². The fourth-order valence-corrected chi connectivity index (χ4v) is 2.51. The SMILES string of the molecule is CC(C)(C)OC(=O)Nc1ccc2c(F)nn(C3CC(F)(F)C3)c2n1. The number of aromatic nitrogens is 3. The highest BCUT2D eigenvalue weighted by atomic mass is 19.3. The summed E-state index contributed by atoms with van der Waals surface area (Å²) in [6, 6.07) is 2.18. The van der Waals surface area contributed by atoms with Crippen LogP contribution in [-0.4, -0.2) is 32.4 Å². The van der Waals surface area contributed by atoms with Gasteiger partial charge in [-0.15, -0.1) is 5.10 Å². The Morgan fingerprint density at radius 3 is 2.62 bits per heavy atom. The first-order valence-corrected chi connectivity index (χ1v) is 7.47. The van der Waals surface area contributed by atoms with Gasteiger partial charge in [0.15, 0.2) is 5.65 Å². The summed E-state index contributed by atoms with van der Waals surface area (Å²) in [4.78, 5) is 15.9. The normalized spacial score (nSPS) is 17.6. The summed E-state index contributed by atoms with van der Waals surface area (Å²) in [5.41, 5.74) is -0.568. The zero-order valence-electron chi connectivity index (χ0n) is 13.4. The number of rotatable bonds is 2. The van der Waals surface area contributed by atoms with Crippen molar-refractivity contribution >= 4 is 22.9 Å². The van der Waals surface area contributed by atoms with Crippen LogP contribution >= 0.6 is 0 Å². The number of hydrogen-bond acceptors (Lipinski definition) is 4. The lowest BCUT2D eigenvalue weighted by atomic mass is 9.88. The number of anilines is 1. The number of amides is 1. The molecule has 9 heteroatoms. The second kappa shape index (κ2) is 5.35. The highest BCUT2D eigenvalue weighted by Gasteiger charge is 2.47. The topological polar surface area (TPSA) is 69.0 Å². The molecule has 0 aliphatic heterocycles. The molecule has 3 rings (SSSR count). The van der Waals surface area contributed by atoms with Gasteiger partial charge < -0.3 is 4.74 Å². The Morgan fingerprint density at radius 1 is 1.38 bits per heavy atom. The average molecular weight is 342 g/mol. The number of hydrogen-bond donors (Lipinski definition) is 1. The minimum atomic E-state index is -2.76. The summed E-state index contributed by atoms with van der Waals surface area (Å²) < 4.78 is 46.3. The Labute approximate surface area is 136 Å². The lowest BCUT2D eigenvalue weighted by Crippen LogP contribution is -2.37. The number of pyridine rings is 1. The van der Waals surface area contributed by atoms with Gasteiger partial charge in [0.25, 0.3) is 5.92 Å². The van der Waals surface area contributed by atoms with Gasteiger partial charge in [0.05, 0.1) is 11.4 Å². The number of nitrogens with one attached hydrogen (secondary N) is 1. The van der Waals surface area contributed by atoms with Crippen LogP contribution in [0.25, 0.3) is 11.0 Å². The lowest BCUT2D eigenvalue weighted by molar-refractivity contribution is -0.106. The first-order valence-electron chi connectivity index (χ1n) is 7.47. The Hall–Kier alpha value is -2.32. The van der Waals surface area contributed by atoms with Crippen LogP contribution in [0.15, 0.2) is 12.1 Å². The minimum Gasteiger partial charge on any atom is -0.444 e. The fourth-order valence-electron chi connectivity index (χ4n) is 2.51. The van der Waals surface area contributed by atoms with E-state index in [2.05, 4.69) is 15.4 Å². The van der Waals surface area contributed by atoms with Crippen molar-refractivity contribution in [2.24, 2.45) is 0 Å². The summed E-state index contributed by atoms with van der Waals surface area (Å²) >= 11 is 0. The van der Waals surface area contributed by atoms with E-state index in [1.54, 1.807) is 20.8 Å². The van der Waals surface area contributed by atoms with Gasteiger partial charge in [-0.1, -0.05) is 0 Å². The van der Waals surface area contributed by atoms with E-state index in [-0.39, 0.29) is 16.9 Å². The van der Waals surface area contributed by atoms with E-state index in [0.717, 1.165) is 4.68 Å². The number of carbonyl (C=O) groups excluding carboxylic acids is 1. The maximum absolute atomic E-state index is 13.9. The van der Waals surface area contributed by atoms with Gasteiger partial charge >= 0.3 is 6.09 Å². The number of ether oxygens (including phenoxy) is 1. The lowest BCUT2D eigenvalue weighted by Gasteiger charge is -2.34. The molecule has 130 valence electrons. The molecule has 0 radical (unpaired) electrons. The summed E-state index contributed by atoms with van der Waals surface area (Å²) in [6.45, 7) is 5.14. The molecule has 0 bridgehead atoms. The van der Waals surface area contributed by atoms with Crippen LogP contribution in [0, 0.1) is 5.95 Å². The van der Waals surface area contributed by atoms with Gasteiger partial charge in [0.2, 0.25) is 5.95 Å². The van der Waals surface area contributed by atoms with E-state index in [0.29, 0.717) is 0 Å². The van der Waals surface area contributed by atoms with Crippen LogP contribution in [0.1, 0.15) is 39.7 Å². The first-order chi connectivity index (χ1) is 11.0. The van der Waals surface area contributed by atoms with E-state index < -0.39 is 42.4 Å². The van der Waals surface area contributed by atoms with Crippen LogP contribution in [0.4, 0.5) is 23.8 Å². The molecule has 1 amide bonds. The number of alkyl halides is 2. The molecule has 2 aromatic rings. The number of carbonyl (C=O) groups is 1. The van der Waals surface area contributed by atoms with Crippen molar-refractivity contribution in [1.29, 1.82) is 0 Å². The summed E-state index contributed by atoms with van der Waals surface area (Å²) in [5.74, 6) is -3.41. The molecular formula is C15H17F3N4O2. The van der Waals surface area contributed by atoms with Gasteiger partial charge in [0, 0.05) is 12.8 Å². The Balaban J connectivity index is 1.86. The van der Waals surface area contributed by atoms with E-state index in [1.165, 1.54) is 12.1 Å². The van der Waals surface area contributed by atoms with E-state index in [9.17, 15) is 18.0 Å². The fraction of sp³-hybridized carbons (Fsp3) is 0.533. The third-order valence-corrected chi connectivity index (χ3v) is 3.55. The molecule has 1 saturated carbocycles. The average Bonchev–Trinajstić information content (AvgIpc) is 2.70. The molecule has 0 spiro atoms. The molecule has 1 aliphatic carbocycles. The molecule has 6 nitrogen and oxygen atoms in total. The van der Waals surface area contributed by atoms with Crippen molar-refractivity contribution in [2.45, 2.75) is 51.2 Å². The Morgan fingerprint density at radius 2 is 2.04 bits per heavy atom. The third kappa shape index (κ3) is 3.29. The Bertz CT molecular complexity index is 790. The molecule has 24 heavy (non-hydrogen) atoms. The van der Waals surface area contributed by atoms with Crippen molar-refractivity contribution in [3.8, 4) is 0 Å². The number of nitrogens with zero attached hydrogens (tertiary/aromatic N) is 3. The van der Waals surface area contributed by atoms with Crippen LogP contribution in [0.2, 0.25) is 0 Å². The van der Waals surface area contributed by atoms with E-state index in [1.807, 2.05) is 0 Å². The largest absolute Gasteiger partial charge is 0.444 e. The quantitative estimate of drug-likeness (QED) is 0.899. The number of fused-ring (bicyclic) bond motifs is 1. The predicted molar refractivity (Wildman–Crippen MR) is 80.6 cm³/mol. The molecule has 2 aromatic heterocycles. The molecule has 0 atom stereocenters.